The fourth-order valence-electron chi connectivity index (χ4n) is 2.95. The highest BCUT2D eigenvalue weighted by Crippen LogP contribution is 2.25. The number of piperazine rings is 1. The molecule has 2 unspecified atom stereocenters. The van der Waals surface area contributed by atoms with E-state index < -0.39 is 0 Å². The third kappa shape index (κ3) is 2.98. The second-order valence-corrected chi connectivity index (χ2v) is 5.85. The molecule has 5 nitrogen and oxygen atoms in total. The Kier molecular flexibility index (Phi) is 4.05. The lowest BCUT2D eigenvalue weighted by atomic mass is 9.97. The van der Waals surface area contributed by atoms with E-state index >= 15 is 0 Å². The molecule has 3 N–H and O–H groups in total. The van der Waals surface area contributed by atoms with Crippen molar-refractivity contribution in [1.29, 1.82) is 0 Å². The Bertz CT molecular complexity index is 239. The molecule has 0 spiro atoms. The number of nitrogens with two attached hydrogens (primary N) is 1. The zero-order valence-corrected chi connectivity index (χ0v) is 11.4. The van der Waals surface area contributed by atoms with Gasteiger partial charge in [-0.3, -0.25) is 0 Å². The molecule has 17 heavy (non-hydrogen) atoms. The van der Waals surface area contributed by atoms with E-state index in [2.05, 4.69) is 41.3 Å². The summed E-state index contributed by atoms with van der Waals surface area (Å²) in [6.07, 6.45) is 1.15. The maximum Gasteiger partial charge on any atom is 0.0589 e. The van der Waals surface area contributed by atoms with E-state index in [1.165, 1.54) is 0 Å². The Labute approximate surface area is 105 Å². The van der Waals surface area contributed by atoms with Crippen molar-refractivity contribution in [1.82, 2.24) is 20.2 Å². The lowest BCUT2D eigenvalue weighted by Crippen LogP contribution is -2.63. The van der Waals surface area contributed by atoms with Crippen molar-refractivity contribution in [3.63, 3.8) is 0 Å². The molecule has 2 saturated heterocycles. The monoisotopic (exact) mass is 241 g/mol. The third-order valence-corrected chi connectivity index (χ3v) is 4.28. The van der Waals surface area contributed by atoms with Crippen LogP contribution >= 0.6 is 0 Å². The molecule has 2 rings (SSSR count). The van der Waals surface area contributed by atoms with Crippen molar-refractivity contribution in [3.05, 3.63) is 0 Å². The van der Waals surface area contributed by atoms with Crippen LogP contribution in [0.2, 0.25) is 0 Å². The van der Waals surface area contributed by atoms with Crippen molar-refractivity contribution < 1.29 is 0 Å². The number of hydrazine groups is 1. The molecule has 0 aromatic carbocycles. The zero-order chi connectivity index (χ0) is 12.5. The summed E-state index contributed by atoms with van der Waals surface area (Å²) in [6, 6.07) is 0.624. The predicted octanol–water partition coefficient (Wildman–Crippen LogP) is -0.840. The topological polar surface area (TPSA) is 47.8 Å². The number of hydrogen-bond acceptors (Lipinski definition) is 5. The number of nitrogens with zero attached hydrogens (tertiary/aromatic N) is 3. The van der Waals surface area contributed by atoms with Gasteiger partial charge < -0.3 is 15.5 Å². The summed E-state index contributed by atoms with van der Waals surface area (Å²) < 4.78 is 0. The number of likely N-dealkylation sites (N-methyl/N-ethyl adjacent to an activating group) is 2. The third-order valence-electron chi connectivity index (χ3n) is 4.28. The van der Waals surface area contributed by atoms with Crippen molar-refractivity contribution in [2.75, 3.05) is 53.4 Å². The van der Waals surface area contributed by atoms with Crippen LogP contribution in [0.4, 0.5) is 0 Å². The molecule has 5 heteroatoms. The van der Waals surface area contributed by atoms with Gasteiger partial charge in [-0.1, -0.05) is 0 Å². The number of likely N-dealkylation sites (tertiary alicyclic amines) is 1. The molecule has 0 amide bonds. The van der Waals surface area contributed by atoms with Gasteiger partial charge in [-0.25, -0.2) is 10.4 Å². The minimum atomic E-state index is 0.0874. The molecule has 0 aromatic heterocycles. The Morgan fingerprint density at radius 3 is 2.35 bits per heavy atom. The van der Waals surface area contributed by atoms with Crippen LogP contribution in [0.15, 0.2) is 0 Å². The summed E-state index contributed by atoms with van der Waals surface area (Å²) in [5.41, 5.74) is 9.80. The fourth-order valence-corrected chi connectivity index (χ4v) is 2.95. The van der Waals surface area contributed by atoms with Gasteiger partial charge in [0.15, 0.2) is 0 Å². The number of nitrogens with one attached hydrogen (secondary N) is 1. The Balaban J connectivity index is 1.91. The molecule has 2 heterocycles. The standard InChI is InChI=1S/C12H27N5/c1-11-8-12(9-13,10-16(11)3)14-17-6-4-15(2)5-7-17/h11,14H,4-10,13H2,1-3H3. The second kappa shape index (κ2) is 5.20. The van der Waals surface area contributed by atoms with Crippen molar-refractivity contribution >= 4 is 0 Å². The van der Waals surface area contributed by atoms with E-state index in [4.69, 9.17) is 5.73 Å². The minimum absolute atomic E-state index is 0.0874. The first-order chi connectivity index (χ1) is 8.04. The van der Waals surface area contributed by atoms with E-state index in [1.54, 1.807) is 0 Å². The fraction of sp³-hybridized carbons (Fsp3) is 1.00. The van der Waals surface area contributed by atoms with Gasteiger partial charge in [-0.15, -0.1) is 0 Å². The van der Waals surface area contributed by atoms with Gasteiger partial charge in [0.25, 0.3) is 0 Å². The summed E-state index contributed by atoms with van der Waals surface area (Å²) in [4.78, 5) is 4.77. The van der Waals surface area contributed by atoms with Gasteiger partial charge in [0, 0.05) is 45.3 Å². The number of hydrogen-bond donors (Lipinski definition) is 2. The predicted molar refractivity (Wildman–Crippen MR) is 70.7 cm³/mol. The molecule has 0 bridgehead atoms. The summed E-state index contributed by atoms with van der Waals surface area (Å²) in [5.74, 6) is 0. The molecular weight excluding hydrogens is 214 g/mol. The Morgan fingerprint density at radius 2 is 1.88 bits per heavy atom. The highest BCUT2D eigenvalue weighted by molar-refractivity contribution is 5.00. The van der Waals surface area contributed by atoms with Crippen LogP contribution in [-0.4, -0.2) is 79.8 Å². The van der Waals surface area contributed by atoms with Crippen LogP contribution in [0, 0.1) is 0 Å². The van der Waals surface area contributed by atoms with Crippen LogP contribution in [0.3, 0.4) is 0 Å². The van der Waals surface area contributed by atoms with Gasteiger partial charge >= 0.3 is 0 Å². The quantitative estimate of drug-likeness (QED) is 0.675. The molecule has 0 aliphatic carbocycles. The van der Waals surface area contributed by atoms with E-state index in [1.807, 2.05) is 0 Å². The molecule has 2 aliphatic heterocycles. The van der Waals surface area contributed by atoms with Crippen molar-refractivity contribution in [2.24, 2.45) is 5.73 Å². The van der Waals surface area contributed by atoms with E-state index in [-0.39, 0.29) is 5.54 Å². The van der Waals surface area contributed by atoms with Crippen LogP contribution in [0.25, 0.3) is 0 Å². The minimum Gasteiger partial charge on any atom is -0.329 e. The highest BCUT2D eigenvalue weighted by Gasteiger charge is 2.40. The summed E-state index contributed by atoms with van der Waals surface area (Å²) in [6.45, 7) is 8.51. The van der Waals surface area contributed by atoms with E-state index in [0.29, 0.717) is 12.6 Å². The zero-order valence-electron chi connectivity index (χ0n) is 11.4. The average molecular weight is 241 g/mol. The van der Waals surface area contributed by atoms with Crippen molar-refractivity contribution in [3.8, 4) is 0 Å². The Hall–Kier alpha value is -0.200. The first-order valence-electron chi connectivity index (χ1n) is 6.66. The summed E-state index contributed by atoms with van der Waals surface area (Å²) in [5, 5.41) is 2.36. The van der Waals surface area contributed by atoms with Crippen LogP contribution < -0.4 is 11.2 Å². The van der Waals surface area contributed by atoms with Crippen LogP contribution in [-0.2, 0) is 0 Å². The first kappa shape index (κ1) is 13.2. The van der Waals surface area contributed by atoms with Gasteiger partial charge in [0.05, 0.1) is 5.54 Å². The van der Waals surface area contributed by atoms with Crippen LogP contribution in [0.1, 0.15) is 13.3 Å². The largest absolute Gasteiger partial charge is 0.329 e. The maximum atomic E-state index is 6.01. The number of rotatable bonds is 3. The van der Waals surface area contributed by atoms with E-state index in [0.717, 1.165) is 39.1 Å². The lowest BCUT2D eigenvalue weighted by molar-refractivity contribution is 0.0579. The molecule has 2 fully saturated rings. The Morgan fingerprint density at radius 1 is 1.24 bits per heavy atom. The first-order valence-corrected chi connectivity index (χ1v) is 6.66. The van der Waals surface area contributed by atoms with Gasteiger partial charge in [0.2, 0.25) is 0 Å². The molecular formula is C12H27N5. The molecule has 0 radical (unpaired) electrons. The van der Waals surface area contributed by atoms with Gasteiger partial charge in [-0.2, -0.15) is 0 Å². The average Bonchev–Trinajstić information content (AvgIpc) is 2.59. The molecule has 100 valence electrons. The highest BCUT2D eigenvalue weighted by atomic mass is 15.6. The SMILES string of the molecule is CC1CC(CN)(NN2CCN(C)CC2)CN1C. The van der Waals surface area contributed by atoms with Crippen molar-refractivity contribution in [2.45, 2.75) is 24.9 Å². The van der Waals surface area contributed by atoms with Gasteiger partial charge in [0.1, 0.15) is 0 Å². The molecule has 0 aromatic rings. The molecule has 2 aliphatic rings. The summed E-state index contributed by atoms with van der Waals surface area (Å²) >= 11 is 0. The summed E-state index contributed by atoms with van der Waals surface area (Å²) in [7, 11) is 4.37. The van der Waals surface area contributed by atoms with Gasteiger partial charge in [-0.05, 0) is 27.4 Å². The second-order valence-electron chi connectivity index (χ2n) is 5.85. The smallest absolute Gasteiger partial charge is 0.0589 e. The normalized spacial score (nSPS) is 37.8. The maximum absolute atomic E-state index is 6.01. The van der Waals surface area contributed by atoms with Crippen LogP contribution in [0.5, 0.6) is 0 Å². The molecule has 2 atom stereocenters. The van der Waals surface area contributed by atoms with E-state index in [9.17, 15) is 0 Å². The lowest BCUT2D eigenvalue weighted by Gasteiger charge is -2.40. The molecule has 0 saturated carbocycles.